The van der Waals surface area contributed by atoms with Crippen molar-refractivity contribution in [2.24, 2.45) is 0 Å². The quantitative estimate of drug-likeness (QED) is 0.555. The van der Waals surface area contributed by atoms with E-state index in [0.29, 0.717) is 21.5 Å². The van der Waals surface area contributed by atoms with E-state index in [1.165, 1.54) is 24.3 Å². The first kappa shape index (κ1) is 19.7. The lowest BCUT2D eigenvalue weighted by Crippen LogP contribution is -2.34. The maximum atomic E-state index is 13.7. The molecule has 0 aromatic heterocycles. The van der Waals surface area contributed by atoms with Crippen molar-refractivity contribution < 1.29 is 18.7 Å². The Bertz CT molecular complexity index is 1040. The number of hydrogen-bond acceptors (Lipinski definition) is 3. The minimum absolute atomic E-state index is 0.241. The Morgan fingerprint density at radius 3 is 2.36 bits per heavy atom. The van der Waals surface area contributed by atoms with E-state index < -0.39 is 17.8 Å². The minimum Gasteiger partial charge on any atom is -0.454 e. The number of imide groups is 1. The van der Waals surface area contributed by atoms with Gasteiger partial charge in [0.15, 0.2) is 5.75 Å². The molecular weight excluding hydrogens is 406 g/mol. The molecule has 0 saturated heterocycles. The summed E-state index contributed by atoms with van der Waals surface area (Å²) in [6.07, 6.45) is 0. The van der Waals surface area contributed by atoms with Gasteiger partial charge in [-0.15, -0.1) is 0 Å². The maximum Gasteiger partial charge on any atom is 0.326 e. The number of ether oxygens (including phenoxy) is 1. The standard InChI is InChI=1S/C20H13Cl2FN2O3/c21-12-9-10-17(14(22)11-12)28-18-8-4-3-7-16(18)24-20(27)25-19(26)13-5-1-2-6-15(13)23/h1-11H,(H2,24,25,26,27). The van der Waals surface area contributed by atoms with Gasteiger partial charge in [0.1, 0.15) is 11.6 Å². The Balaban J connectivity index is 1.73. The van der Waals surface area contributed by atoms with Crippen molar-refractivity contribution >= 4 is 40.8 Å². The van der Waals surface area contributed by atoms with Crippen molar-refractivity contribution in [1.82, 2.24) is 5.32 Å². The van der Waals surface area contributed by atoms with Crippen LogP contribution in [0, 0.1) is 5.82 Å². The molecule has 0 spiro atoms. The third kappa shape index (κ3) is 4.79. The van der Waals surface area contributed by atoms with Crippen LogP contribution < -0.4 is 15.4 Å². The molecule has 0 heterocycles. The van der Waals surface area contributed by atoms with Crippen molar-refractivity contribution in [3.63, 3.8) is 0 Å². The van der Waals surface area contributed by atoms with Crippen LogP contribution in [-0.2, 0) is 0 Å². The summed E-state index contributed by atoms with van der Waals surface area (Å²) in [5.41, 5.74) is 0.0440. The fourth-order valence-corrected chi connectivity index (χ4v) is 2.75. The molecule has 5 nitrogen and oxygen atoms in total. The zero-order valence-electron chi connectivity index (χ0n) is 14.2. The number of anilines is 1. The van der Waals surface area contributed by atoms with E-state index >= 15 is 0 Å². The second-order valence-corrected chi connectivity index (χ2v) is 6.40. The van der Waals surface area contributed by atoms with Crippen molar-refractivity contribution in [1.29, 1.82) is 0 Å². The fourth-order valence-electron chi connectivity index (χ4n) is 2.30. The molecule has 0 bridgehead atoms. The van der Waals surface area contributed by atoms with Crippen LogP contribution in [0.15, 0.2) is 66.7 Å². The lowest BCUT2D eigenvalue weighted by molar-refractivity contribution is 0.0963. The summed E-state index contributed by atoms with van der Waals surface area (Å²) in [6.45, 7) is 0. The SMILES string of the molecule is O=C(NC(=O)c1ccccc1F)Nc1ccccc1Oc1ccc(Cl)cc1Cl. The molecule has 0 radical (unpaired) electrons. The number of amides is 3. The number of carbonyl (C=O) groups excluding carboxylic acids is 2. The van der Waals surface area contributed by atoms with Crippen LogP contribution in [0.4, 0.5) is 14.9 Å². The largest absolute Gasteiger partial charge is 0.454 e. The van der Waals surface area contributed by atoms with Crippen molar-refractivity contribution in [2.45, 2.75) is 0 Å². The lowest BCUT2D eigenvalue weighted by atomic mass is 10.2. The van der Waals surface area contributed by atoms with E-state index in [9.17, 15) is 14.0 Å². The lowest BCUT2D eigenvalue weighted by Gasteiger charge is -2.13. The fraction of sp³-hybridized carbons (Fsp3) is 0. The molecule has 8 heteroatoms. The number of carbonyl (C=O) groups is 2. The average Bonchev–Trinajstić information content (AvgIpc) is 2.65. The molecule has 142 valence electrons. The maximum absolute atomic E-state index is 13.7. The molecule has 2 N–H and O–H groups in total. The molecule has 28 heavy (non-hydrogen) atoms. The normalized spacial score (nSPS) is 10.2. The molecule has 3 aromatic carbocycles. The molecule has 0 aliphatic carbocycles. The van der Waals surface area contributed by atoms with Crippen LogP contribution in [0.1, 0.15) is 10.4 Å². The van der Waals surface area contributed by atoms with Crippen LogP contribution in [0.25, 0.3) is 0 Å². The minimum atomic E-state index is -0.866. The van der Waals surface area contributed by atoms with Gasteiger partial charge in [-0.05, 0) is 42.5 Å². The van der Waals surface area contributed by atoms with Gasteiger partial charge < -0.3 is 10.1 Å². The topological polar surface area (TPSA) is 67.4 Å². The molecule has 3 rings (SSSR count). The first-order valence-corrected chi connectivity index (χ1v) is 8.78. The number of rotatable bonds is 4. The van der Waals surface area contributed by atoms with Crippen LogP contribution >= 0.6 is 23.2 Å². The van der Waals surface area contributed by atoms with Gasteiger partial charge in [0.25, 0.3) is 5.91 Å². The summed E-state index contributed by atoms with van der Waals surface area (Å²) >= 11 is 12.0. The van der Waals surface area contributed by atoms with Crippen molar-refractivity contribution in [2.75, 3.05) is 5.32 Å². The third-order valence-corrected chi connectivity index (χ3v) is 4.13. The molecule has 0 aliphatic rings. The highest BCUT2D eigenvalue weighted by Gasteiger charge is 2.16. The highest BCUT2D eigenvalue weighted by atomic mass is 35.5. The molecule has 0 fully saturated rings. The van der Waals surface area contributed by atoms with Gasteiger partial charge in [-0.2, -0.15) is 0 Å². The molecule has 3 amide bonds. The smallest absolute Gasteiger partial charge is 0.326 e. The van der Waals surface area contributed by atoms with Gasteiger partial charge in [0.05, 0.1) is 16.3 Å². The van der Waals surface area contributed by atoms with Gasteiger partial charge in [-0.1, -0.05) is 47.5 Å². The number of hydrogen-bond donors (Lipinski definition) is 2. The number of nitrogens with one attached hydrogen (secondary N) is 2. The van der Waals surface area contributed by atoms with E-state index in [0.717, 1.165) is 6.07 Å². The van der Waals surface area contributed by atoms with E-state index in [2.05, 4.69) is 10.6 Å². The van der Waals surface area contributed by atoms with Gasteiger partial charge in [0, 0.05) is 5.02 Å². The predicted molar refractivity (Wildman–Crippen MR) is 106 cm³/mol. The van der Waals surface area contributed by atoms with E-state index in [1.54, 1.807) is 36.4 Å². The monoisotopic (exact) mass is 418 g/mol. The van der Waals surface area contributed by atoms with Crippen molar-refractivity contribution in [3.05, 3.63) is 88.2 Å². The van der Waals surface area contributed by atoms with Crippen molar-refractivity contribution in [3.8, 4) is 11.5 Å². The van der Waals surface area contributed by atoms with Gasteiger partial charge in [0.2, 0.25) is 0 Å². The Morgan fingerprint density at radius 2 is 1.61 bits per heavy atom. The zero-order valence-corrected chi connectivity index (χ0v) is 15.7. The van der Waals surface area contributed by atoms with E-state index in [1.807, 2.05) is 0 Å². The van der Waals surface area contributed by atoms with Gasteiger partial charge in [-0.25, -0.2) is 9.18 Å². The summed E-state index contributed by atoms with van der Waals surface area (Å²) in [5, 5.41) is 5.31. The second-order valence-electron chi connectivity index (χ2n) is 5.56. The van der Waals surface area contributed by atoms with Crippen LogP contribution in [0.2, 0.25) is 10.0 Å². The Morgan fingerprint density at radius 1 is 0.893 bits per heavy atom. The molecule has 3 aromatic rings. The molecule has 0 saturated carbocycles. The number of benzene rings is 3. The Labute approximate surface area is 170 Å². The second kappa shape index (κ2) is 8.73. The summed E-state index contributed by atoms with van der Waals surface area (Å²) < 4.78 is 19.4. The number of halogens is 3. The Hall–Kier alpha value is -3.09. The highest BCUT2D eigenvalue weighted by Crippen LogP contribution is 2.34. The number of urea groups is 1. The zero-order chi connectivity index (χ0) is 20.1. The Kier molecular flexibility index (Phi) is 6.13. The van der Waals surface area contributed by atoms with Crippen LogP contribution in [-0.4, -0.2) is 11.9 Å². The van der Waals surface area contributed by atoms with E-state index in [-0.39, 0.29) is 11.3 Å². The molecule has 0 unspecified atom stereocenters. The summed E-state index contributed by atoms with van der Waals surface area (Å²) in [4.78, 5) is 24.2. The van der Waals surface area contributed by atoms with E-state index in [4.69, 9.17) is 27.9 Å². The van der Waals surface area contributed by atoms with Gasteiger partial charge >= 0.3 is 6.03 Å². The molecular formula is C20H13Cl2FN2O3. The van der Waals surface area contributed by atoms with Gasteiger partial charge in [-0.3, -0.25) is 10.1 Å². The summed E-state index contributed by atoms with van der Waals surface area (Å²) in [5.74, 6) is -0.966. The predicted octanol–water partition coefficient (Wildman–Crippen LogP) is 5.89. The summed E-state index contributed by atoms with van der Waals surface area (Å²) in [6, 6.07) is 15.8. The average molecular weight is 419 g/mol. The van der Waals surface area contributed by atoms with Crippen LogP contribution in [0.3, 0.4) is 0 Å². The third-order valence-electron chi connectivity index (χ3n) is 3.59. The number of para-hydroxylation sites is 2. The molecule has 0 atom stereocenters. The molecule has 0 aliphatic heterocycles. The summed E-state index contributed by atoms with van der Waals surface area (Å²) in [7, 11) is 0. The first-order chi connectivity index (χ1) is 13.4. The highest BCUT2D eigenvalue weighted by molar-refractivity contribution is 6.35. The van der Waals surface area contributed by atoms with Crippen LogP contribution in [0.5, 0.6) is 11.5 Å². The first-order valence-electron chi connectivity index (χ1n) is 8.03.